The molecule has 0 heterocycles. The zero-order chi connectivity index (χ0) is 14.8. The van der Waals surface area contributed by atoms with E-state index in [-0.39, 0.29) is 6.04 Å². The maximum atomic E-state index is 13.3. The van der Waals surface area contributed by atoms with Crippen molar-refractivity contribution < 1.29 is 8.78 Å². The molecule has 0 radical (unpaired) electrons. The van der Waals surface area contributed by atoms with Crippen molar-refractivity contribution in [3.05, 3.63) is 64.7 Å². The molecular formula is C18H19F2N. The first-order valence-corrected chi connectivity index (χ1v) is 7.47. The van der Waals surface area contributed by atoms with Gasteiger partial charge in [0, 0.05) is 11.7 Å². The molecule has 0 spiro atoms. The maximum Gasteiger partial charge on any atom is 0.159 e. The molecule has 0 bridgehead atoms. The molecule has 0 fully saturated rings. The topological polar surface area (TPSA) is 12.0 Å². The zero-order valence-corrected chi connectivity index (χ0v) is 12.1. The summed E-state index contributed by atoms with van der Waals surface area (Å²) in [5, 5.41) is 3.44. The van der Waals surface area contributed by atoms with Gasteiger partial charge in [0.05, 0.1) is 0 Å². The minimum absolute atomic E-state index is 0.0615. The number of hydrogen-bond donors (Lipinski definition) is 1. The molecule has 0 saturated heterocycles. The van der Waals surface area contributed by atoms with Crippen LogP contribution in [0.15, 0.2) is 36.4 Å². The van der Waals surface area contributed by atoms with Crippen LogP contribution in [-0.4, -0.2) is 0 Å². The molecule has 0 aliphatic heterocycles. The number of rotatable bonds is 3. The quantitative estimate of drug-likeness (QED) is 0.836. The van der Waals surface area contributed by atoms with Gasteiger partial charge in [-0.05, 0) is 67.5 Å². The van der Waals surface area contributed by atoms with Crippen molar-refractivity contribution in [2.24, 2.45) is 0 Å². The summed E-state index contributed by atoms with van der Waals surface area (Å²) in [6.07, 6.45) is 4.67. The van der Waals surface area contributed by atoms with E-state index in [9.17, 15) is 8.78 Å². The number of halogens is 2. The maximum absolute atomic E-state index is 13.3. The van der Waals surface area contributed by atoms with Crippen LogP contribution in [0.25, 0.3) is 0 Å². The van der Waals surface area contributed by atoms with E-state index in [1.54, 1.807) is 6.07 Å². The normalized spacial score (nSPS) is 15.4. The fourth-order valence-corrected chi connectivity index (χ4v) is 3.01. The van der Waals surface area contributed by atoms with Crippen LogP contribution < -0.4 is 5.32 Å². The molecule has 0 saturated carbocycles. The minimum atomic E-state index is -0.803. The number of nitrogens with one attached hydrogen (secondary N) is 1. The standard InChI is InChI=1S/C18H19F2N/c1-12(14-9-10-16(19)17(20)11-14)21-18-8-4-6-13-5-2-3-7-15(13)18/h4,6,8-12,21H,2-3,5,7H2,1H3. The summed E-state index contributed by atoms with van der Waals surface area (Å²) in [5.41, 5.74) is 4.65. The smallest absolute Gasteiger partial charge is 0.159 e. The summed E-state index contributed by atoms with van der Waals surface area (Å²) in [5.74, 6) is -1.60. The molecule has 1 N–H and O–H groups in total. The van der Waals surface area contributed by atoms with Crippen LogP contribution in [0.1, 0.15) is 42.5 Å². The second-order valence-corrected chi connectivity index (χ2v) is 5.69. The summed E-state index contributed by atoms with van der Waals surface area (Å²) >= 11 is 0. The third kappa shape index (κ3) is 2.92. The molecule has 2 aromatic carbocycles. The Kier molecular flexibility index (Phi) is 3.91. The monoisotopic (exact) mass is 287 g/mol. The van der Waals surface area contributed by atoms with Gasteiger partial charge in [-0.2, -0.15) is 0 Å². The molecule has 1 unspecified atom stereocenters. The van der Waals surface area contributed by atoms with Gasteiger partial charge in [-0.3, -0.25) is 0 Å². The van der Waals surface area contributed by atoms with Gasteiger partial charge < -0.3 is 5.32 Å². The van der Waals surface area contributed by atoms with Crippen molar-refractivity contribution in [3.8, 4) is 0 Å². The average molecular weight is 287 g/mol. The first-order chi connectivity index (χ1) is 10.1. The average Bonchev–Trinajstić information content (AvgIpc) is 2.50. The molecule has 1 atom stereocenters. The molecule has 1 aliphatic carbocycles. The highest BCUT2D eigenvalue weighted by atomic mass is 19.2. The summed E-state index contributed by atoms with van der Waals surface area (Å²) in [6.45, 7) is 1.97. The third-order valence-corrected chi connectivity index (χ3v) is 4.21. The van der Waals surface area contributed by atoms with Crippen LogP contribution in [0.5, 0.6) is 0 Å². The molecule has 110 valence electrons. The summed E-state index contributed by atoms with van der Waals surface area (Å²) < 4.78 is 26.4. The van der Waals surface area contributed by atoms with Crippen LogP contribution in [0.4, 0.5) is 14.5 Å². The van der Waals surface area contributed by atoms with Crippen molar-refractivity contribution >= 4 is 5.69 Å². The van der Waals surface area contributed by atoms with E-state index in [0.717, 1.165) is 24.1 Å². The van der Waals surface area contributed by atoms with Gasteiger partial charge >= 0.3 is 0 Å². The van der Waals surface area contributed by atoms with E-state index < -0.39 is 11.6 Å². The van der Waals surface area contributed by atoms with Crippen molar-refractivity contribution in [1.29, 1.82) is 0 Å². The van der Waals surface area contributed by atoms with E-state index in [4.69, 9.17) is 0 Å². The summed E-state index contributed by atoms with van der Waals surface area (Å²) in [7, 11) is 0. The third-order valence-electron chi connectivity index (χ3n) is 4.21. The van der Waals surface area contributed by atoms with E-state index in [1.165, 1.54) is 36.1 Å². The van der Waals surface area contributed by atoms with Gasteiger partial charge in [0.2, 0.25) is 0 Å². The van der Waals surface area contributed by atoms with Gasteiger partial charge in [0.1, 0.15) is 0 Å². The lowest BCUT2D eigenvalue weighted by Crippen LogP contribution is -2.12. The van der Waals surface area contributed by atoms with Crippen molar-refractivity contribution in [1.82, 2.24) is 0 Å². The van der Waals surface area contributed by atoms with Crippen molar-refractivity contribution in [2.75, 3.05) is 5.32 Å². The predicted molar refractivity (Wildman–Crippen MR) is 81.5 cm³/mol. The van der Waals surface area contributed by atoms with Gasteiger partial charge in [-0.1, -0.05) is 18.2 Å². The van der Waals surface area contributed by atoms with Gasteiger partial charge in [0.25, 0.3) is 0 Å². The fraction of sp³-hybridized carbons (Fsp3) is 0.333. The van der Waals surface area contributed by atoms with E-state index in [0.29, 0.717) is 0 Å². The van der Waals surface area contributed by atoms with Crippen LogP contribution in [0.2, 0.25) is 0 Å². The van der Waals surface area contributed by atoms with Crippen molar-refractivity contribution in [2.45, 2.75) is 38.6 Å². The Morgan fingerprint density at radius 3 is 2.62 bits per heavy atom. The van der Waals surface area contributed by atoms with Crippen LogP contribution >= 0.6 is 0 Å². The molecule has 21 heavy (non-hydrogen) atoms. The lowest BCUT2D eigenvalue weighted by Gasteiger charge is -2.23. The number of hydrogen-bond acceptors (Lipinski definition) is 1. The van der Waals surface area contributed by atoms with Crippen molar-refractivity contribution in [3.63, 3.8) is 0 Å². The van der Waals surface area contributed by atoms with E-state index in [1.807, 2.05) is 6.92 Å². The Labute approximate surface area is 124 Å². The second-order valence-electron chi connectivity index (χ2n) is 5.69. The number of benzene rings is 2. The van der Waals surface area contributed by atoms with Crippen LogP contribution in [-0.2, 0) is 12.8 Å². The lowest BCUT2D eigenvalue weighted by atomic mass is 9.90. The molecule has 1 nitrogen and oxygen atoms in total. The molecule has 0 aromatic heterocycles. The highest BCUT2D eigenvalue weighted by molar-refractivity contribution is 5.56. The van der Waals surface area contributed by atoms with Gasteiger partial charge in [-0.15, -0.1) is 0 Å². The molecule has 2 aromatic rings. The Hall–Kier alpha value is -1.90. The largest absolute Gasteiger partial charge is 0.378 e. The number of anilines is 1. The highest BCUT2D eigenvalue weighted by Crippen LogP contribution is 2.30. The summed E-state index contributed by atoms with van der Waals surface area (Å²) in [4.78, 5) is 0. The SMILES string of the molecule is CC(Nc1cccc2c1CCCC2)c1ccc(F)c(F)c1. The Morgan fingerprint density at radius 1 is 1.00 bits per heavy atom. The Morgan fingerprint density at radius 2 is 1.81 bits per heavy atom. The second kappa shape index (κ2) is 5.84. The van der Waals surface area contributed by atoms with Crippen LogP contribution in [0, 0.1) is 11.6 Å². The van der Waals surface area contributed by atoms with Gasteiger partial charge in [0.15, 0.2) is 11.6 Å². The number of fused-ring (bicyclic) bond motifs is 1. The molecule has 3 heteroatoms. The zero-order valence-electron chi connectivity index (χ0n) is 12.1. The van der Waals surface area contributed by atoms with Crippen LogP contribution in [0.3, 0.4) is 0 Å². The Balaban J connectivity index is 1.84. The molecule has 0 amide bonds. The van der Waals surface area contributed by atoms with E-state index >= 15 is 0 Å². The molecular weight excluding hydrogens is 268 g/mol. The number of aryl methyl sites for hydroxylation is 1. The molecule has 1 aliphatic rings. The predicted octanol–water partition coefficient (Wildman–Crippen LogP) is 5.02. The molecule has 3 rings (SSSR count). The summed E-state index contributed by atoms with van der Waals surface area (Å²) in [6, 6.07) is 10.3. The lowest BCUT2D eigenvalue weighted by molar-refractivity contribution is 0.506. The van der Waals surface area contributed by atoms with E-state index in [2.05, 4.69) is 23.5 Å². The fourth-order valence-electron chi connectivity index (χ4n) is 3.01. The first-order valence-electron chi connectivity index (χ1n) is 7.47. The minimum Gasteiger partial charge on any atom is -0.378 e. The first kappa shape index (κ1) is 14.1. The Bertz CT molecular complexity index is 652. The van der Waals surface area contributed by atoms with Gasteiger partial charge in [-0.25, -0.2) is 8.78 Å². The highest BCUT2D eigenvalue weighted by Gasteiger charge is 2.15.